The zero-order chi connectivity index (χ0) is 15.2. The predicted octanol–water partition coefficient (Wildman–Crippen LogP) is 0.668. The number of aromatic amines is 1. The summed E-state index contributed by atoms with van der Waals surface area (Å²) in [5, 5.41) is 12.5. The molecule has 1 unspecified atom stereocenters. The van der Waals surface area contributed by atoms with Gasteiger partial charge in [0.1, 0.15) is 0 Å². The van der Waals surface area contributed by atoms with Crippen molar-refractivity contribution in [3.63, 3.8) is 0 Å². The highest BCUT2D eigenvalue weighted by molar-refractivity contribution is 5.74. The summed E-state index contributed by atoms with van der Waals surface area (Å²) in [7, 11) is 0. The second kappa shape index (κ2) is 6.88. The molecule has 1 saturated heterocycles. The number of rotatable bonds is 4. The summed E-state index contributed by atoms with van der Waals surface area (Å²) in [5.74, 6) is 0.715. The summed E-state index contributed by atoms with van der Waals surface area (Å²) in [4.78, 5) is 22.6. The van der Waals surface area contributed by atoms with Gasteiger partial charge < -0.3 is 15.5 Å². The highest BCUT2D eigenvalue weighted by atomic mass is 16.2. The summed E-state index contributed by atoms with van der Waals surface area (Å²) < 4.78 is 0. The van der Waals surface area contributed by atoms with Crippen molar-refractivity contribution in [3.05, 3.63) is 36.4 Å². The summed E-state index contributed by atoms with van der Waals surface area (Å²) in [6.07, 6.45) is 7.09. The molecule has 3 heterocycles. The number of hydrogen-bond donors (Lipinski definition) is 3. The van der Waals surface area contributed by atoms with E-state index in [9.17, 15) is 4.79 Å². The van der Waals surface area contributed by atoms with E-state index in [0.29, 0.717) is 12.5 Å². The van der Waals surface area contributed by atoms with Crippen LogP contribution >= 0.6 is 0 Å². The number of carbonyl (C=O) groups is 1. The summed E-state index contributed by atoms with van der Waals surface area (Å²) in [6, 6.07) is 3.55. The van der Waals surface area contributed by atoms with Crippen LogP contribution in [0.3, 0.4) is 0 Å². The predicted molar refractivity (Wildman–Crippen MR) is 81.2 cm³/mol. The molecule has 2 amide bonds. The number of amides is 2. The molecule has 0 aromatic carbocycles. The van der Waals surface area contributed by atoms with Gasteiger partial charge >= 0.3 is 6.03 Å². The Kier molecular flexibility index (Phi) is 4.47. The molecule has 0 spiro atoms. The van der Waals surface area contributed by atoms with Crippen LogP contribution in [0.15, 0.2) is 30.7 Å². The lowest BCUT2D eigenvalue weighted by molar-refractivity contribution is 0.234. The van der Waals surface area contributed by atoms with Gasteiger partial charge in [-0.1, -0.05) is 0 Å². The van der Waals surface area contributed by atoms with Gasteiger partial charge in [-0.3, -0.25) is 5.10 Å². The Morgan fingerprint density at radius 2 is 2.23 bits per heavy atom. The van der Waals surface area contributed by atoms with Gasteiger partial charge in [-0.2, -0.15) is 5.10 Å². The molecule has 8 nitrogen and oxygen atoms in total. The smallest absolute Gasteiger partial charge is 0.315 e. The fourth-order valence-electron chi connectivity index (χ4n) is 2.53. The van der Waals surface area contributed by atoms with Crippen molar-refractivity contribution in [2.45, 2.75) is 25.4 Å². The van der Waals surface area contributed by atoms with Gasteiger partial charge in [-0.05, 0) is 25.0 Å². The van der Waals surface area contributed by atoms with Crippen LogP contribution in [0.2, 0.25) is 0 Å². The number of urea groups is 1. The van der Waals surface area contributed by atoms with E-state index in [1.54, 1.807) is 24.7 Å². The minimum Gasteiger partial charge on any atom is -0.339 e. The van der Waals surface area contributed by atoms with Crippen molar-refractivity contribution in [2.75, 3.05) is 18.0 Å². The quantitative estimate of drug-likeness (QED) is 0.771. The van der Waals surface area contributed by atoms with E-state index in [1.165, 1.54) is 0 Å². The van der Waals surface area contributed by atoms with Gasteiger partial charge in [-0.25, -0.2) is 14.8 Å². The molecular weight excluding hydrogens is 282 g/mol. The lowest BCUT2D eigenvalue weighted by atomic mass is 10.1. The van der Waals surface area contributed by atoms with Crippen molar-refractivity contribution < 1.29 is 4.79 Å². The van der Waals surface area contributed by atoms with E-state index >= 15 is 0 Å². The van der Waals surface area contributed by atoms with Crippen molar-refractivity contribution in [1.82, 2.24) is 30.8 Å². The Labute approximate surface area is 128 Å². The Morgan fingerprint density at radius 3 is 3.00 bits per heavy atom. The summed E-state index contributed by atoms with van der Waals surface area (Å²) in [5.41, 5.74) is 0.873. The van der Waals surface area contributed by atoms with E-state index in [0.717, 1.165) is 31.6 Å². The first-order chi connectivity index (χ1) is 10.8. The molecule has 2 aromatic rings. The van der Waals surface area contributed by atoms with Crippen LogP contribution in [0, 0.1) is 0 Å². The van der Waals surface area contributed by atoms with E-state index in [1.807, 2.05) is 6.07 Å². The van der Waals surface area contributed by atoms with E-state index < -0.39 is 0 Å². The fourth-order valence-corrected chi connectivity index (χ4v) is 2.53. The highest BCUT2D eigenvalue weighted by Gasteiger charge is 2.22. The molecule has 1 fully saturated rings. The maximum Gasteiger partial charge on any atom is 0.315 e. The SMILES string of the molecule is O=C(NCc1ccn[nH]1)NC1CCCN(c2ncccn2)C1. The number of anilines is 1. The number of piperidine rings is 1. The van der Waals surface area contributed by atoms with Crippen LogP contribution in [0.1, 0.15) is 18.5 Å². The standard InChI is InChI=1S/C14H19N7O/c22-14(17-9-11-4-7-18-20-11)19-12-3-1-8-21(10-12)13-15-5-2-6-16-13/h2,4-7,12H,1,3,8-10H2,(H,18,20)(H2,17,19,22). The van der Waals surface area contributed by atoms with Gasteiger partial charge in [0.05, 0.1) is 12.2 Å². The van der Waals surface area contributed by atoms with E-state index in [4.69, 9.17) is 0 Å². The van der Waals surface area contributed by atoms with Crippen LogP contribution in [0.5, 0.6) is 0 Å². The maximum absolute atomic E-state index is 11.9. The molecule has 2 aromatic heterocycles. The molecule has 0 saturated carbocycles. The zero-order valence-corrected chi connectivity index (χ0v) is 12.2. The van der Waals surface area contributed by atoms with Crippen LogP contribution in [0.25, 0.3) is 0 Å². The van der Waals surface area contributed by atoms with Gasteiger partial charge in [0, 0.05) is 37.7 Å². The summed E-state index contributed by atoms with van der Waals surface area (Å²) in [6.45, 7) is 2.07. The molecule has 8 heteroatoms. The Morgan fingerprint density at radius 1 is 1.36 bits per heavy atom. The van der Waals surface area contributed by atoms with Gasteiger partial charge in [0.15, 0.2) is 0 Å². The van der Waals surface area contributed by atoms with Crippen LogP contribution in [0.4, 0.5) is 10.7 Å². The third-order valence-corrected chi connectivity index (χ3v) is 3.59. The molecule has 1 aliphatic rings. The fraction of sp³-hybridized carbons (Fsp3) is 0.429. The van der Waals surface area contributed by atoms with Crippen LogP contribution in [-0.2, 0) is 6.54 Å². The van der Waals surface area contributed by atoms with E-state index in [-0.39, 0.29) is 12.1 Å². The number of hydrogen-bond acceptors (Lipinski definition) is 5. The monoisotopic (exact) mass is 301 g/mol. The number of carbonyl (C=O) groups excluding carboxylic acids is 1. The topological polar surface area (TPSA) is 98.8 Å². The average molecular weight is 301 g/mol. The molecule has 1 atom stereocenters. The Hall–Kier alpha value is -2.64. The molecule has 116 valence electrons. The molecular formula is C14H19N7O. The third kappa shape index (κ3) is 3.72. The largest absolute Gasteiger partial charge is 0.339 e. The second-order valence-electron chi connectivity index (χ2n) is 5.24. The van der Waals surface area contributed by atoms with Gasteiger partial charge in [0.2, 0.25) is 5.95 Å². The number of nitrogens with one attached hydrogen (secondary N) is 3. The summed E-state index contributed by atoms with van der Waals surface area (Å²) >= 11 is 0. The Bertz CT molecular complexity index is 587. The molecule has 22 heavy (non-hydrogen) atoms. The zero-order valence-electron chi connectivity index (χ0n) is 12.2. The second-order valence-corrected chi connectivity index (χ2v) is 5.24. The number of aromatic nitrogens is 4. The molecule has 3 N–H and O–H groups in total. The first kappa shape index (κ1) is 14.3. The lowest BCUT2D eigenvalue weighted by Gasteiger charge is -2.33. The van der Waals surface area contributed by atoms with Crippen molar-refractivity contribution in [2.24, 2.45) is 0 Å². The lowest BCUT2D eigenvalue weighted by Crippen LogP contribution is -2.50. The molecule has 0 aliphatic carbocycles. The van der Waals surface area contributed by atoms with E-state index in [2.05, 4.69) is 35.7 Å². The van der Waals surface area contributed by atoms with Crippen molar-refractivity contribution in [3.8, 4) is 0 Å². The number of H-pyrrole nitrogens is 1. The van der Waals surface area contributed by atoms with Crippen molar-refractivity contribution >= 4 is 12.0 Å². The first-order valence-corrected chi connectivity index (χ1v) is 7.36. The minimum absolute atomic E-state index is 0.0966. The number of nitrogens with zero attached hydrogens (tertiary/aromatic N) is 4. The average Bonchev–Trinajstić information content (AvgIpc) is 3.08. The molecule has 0 radical (unpaired) electrons. The van der Waals surface area contributed by atoms with Crippen LogP contribution in [-0.4, -0.2) is 45.3 Å². The molecule has 1 aliphatic heterocycles. The first-order valence-electron chi connectivity index (χ1n) is 7.36. The highest BCUT2D eigenvalue weighted by Crippen LogP contribution is 2.15. The van der Waals surface area contributed by atoms with Crippen LogP contribution < -0.4 is 15.5 Å². The molecule has 3 rings (SSSR count). The maximum atomic E-state index is 11.9. The minimum atomic E-state index is -0.171. The third-order valence-electron chi connectivity index (χ3n) is 3.59. The Balaban J connectivity index is 1.48. The van der Waals surface area contributed by atoms with Crippen molar-refractivity contribution in [1.29, 1.82) is 0 Å². The normalized spacial score (nSPS) is 18.0. The van der Waals surface area contributed by atoms with Gasteiger partial charge in [0.25, 0.3) is 0 Å². The molecule has 0 bridgehead atoms. The van der Waals surface area contributed by atoms with Gasteiger partial charge in [-0.15, -0.1) is 0 Å².